The van der Waals surface area contributed by atoms with E-state index in [1.54, 1.807) is 18.3 Å². The Balaban J connectivity index is 1.54. The van der Waals surface area contributed by atoms with E-state index in [0.717, 1.165) is 22.2 Å². The van der Waals surface area contributed by atoms with Gasteiger partial charge in [0.05, 0.1) is 16.4 Å². The fourth-order valence-electron chi connectivity index (χ4n) is 3.57. The van der Waals surface area contributed by atoms with Gasteiger partial charge in [0.2, 0.25) is 0 Å². The molecule has 0 atom stereocenters. The highest BCUT2D eigenvalue weighted by Gasteiger charge is 2.17. The van der Waals surface area contributed by atoms with Crippen LogP contribution < -0.4 is 5.56 Å². The first-order valence-electron chi connectivity index (χ1n) is 10.4. The monoisotopic (exact) mass is 473 g/mol. The molecule has 33 heavy (non-hydrogen) atoms. The van der Waals surface area contributed by atoms with Crippen LogP contribution in [0.3, 0.4) is 0 Å². The van der Waals surface area contributed by atoms with Crippen molar-refractivity contribution in [2.75, 3.05) is 0 Å². The van der Waals surface area contributed by atoms with Crippen molar-refractivity contribution in [3.05, 3.63) is 105 Å². The molecule has 3 heterocycles. The zero-order valence-electron chi connectivity index (χ0n) is 18.1. The average Bonchev–Trinajstić information content (AvgIpc) is 3.24. The molecule has 2 aromatic carbocycles. The van der Waals surface area contributed by atoms with Gasteiger partial charge in [0.1, 0.15) is 5.65 Å². The predicted octanol–water partition coefficient (Wildman–Crippen LogP) is 5.50. The van der Waals surface area contributed by atoms with Crippen LogP contribution in [0.15, 0.2) is 82.9 Å². The smallest absolute Gasteiger partial charge is 0.258 e. The van der Waals surface area contributed by atoms with E-state index in [9.17, 15) is 4.79 Å². The van der Waals surface area contributed by atoms with Gasteiger partial charge >= 0.3 is 0 Å². The number of benzene rings is 2. The maximum atomic E-state index is 12.5. The van der Waals surface area contributed by atoms with Gasteiger partial charge in [0.15, 0.2) is 11.0 Å². The number of halogens is 1. The molecule has 3 aromatic heterocycles. The van der Waals surface area contributed by atoms with Crippen molar-refractivity contribution in [1.29, 1.82) is 0 Å². The first kappa shape index (κ1) is 21.4. The van der Waals surface area contributed by atoms with Gasteiger partial charge in [-0.15, -0.1) is 10.2 Å². The van der Waals surface area contributed by atoms with E-state index < -0.39 is 0 Å². The largest absolute Gasteiger partial charge is 0.270 e. The summed E-state index contributed by atoms with van der Waals surface area (Å²) in [5, 5.41) is 10.2. The Kier molecular flexibility index (Phi) is 5.74. The summed E-state index contributed by atoms with van der Waals surface area (Å²) in [6.07, 6.45) is 1.58. The van der Waals surface area contributed by atoms with Crippen LogP contribution >= 0.6 is 23.4 Å². The second-order valence-corrected chi connectivity index (χ2v) is 9.11. The second kappa shape index (κ2) is 8.84. The Morgan fingerprint density at radius 2 is 1.76 bits per heavy atom. The lowest BCUT2D eigenvalue weighted by Gasteiger charge is -2.12. The van der Waals surface area contributed by atoms with E-state index in [1.165, 1.54) is 33.4 Å². The van der Waals surface area contributed by atoms with Gasteiger partial charge in [-0.1, -0.05) is 59.8 Å². The molecule has 0 aliphatic carbocycles. The lowest BCUT2D eigenvalue weighted by molar-refractivity contribution is 0.883. The predicted molar refractivity (Wildman–Crippen MR) is 132 cm³/mol. The van der Waals surface area contributed by atoms with E-state index >= 15 is 0 Å². The summed E-state index contributed by atoms with van der Waals surface area (Å²) in [6, 6.07) is 21.3. The molecule has 164 valence electrons. The summed E-state index contributed by atoms with van der Waals surface area (Å²) in [7, 11) is 0. The van der Waals surface area contributed by atoms with Crippen LogP contribution in [-0.2, 0) is 5.75 Å². The Labute approximate surface area is 199 Å². The number of hydrogen-bond acceptors (Lipinski definition) is 5. The van der Waals surface area contributed by atoms with E-state index in [0.29, 0.717) is 22.1 Å². The van der Waals surface area contributed by atoms with Gasteiger partial charge in [0.25, 0.3) is 5.56 Å². The van der Waals surface area contributed by atoms with Gasteiger partial charge in [-0.25, -0.2) is 4.98 Å². The maximum Gasteiger partial charge on any atom is 0.258 e. The number of fused-ring (bicyclic) bond motifs is 1. The second-order valence-electron chi connectivity index (χ2n) is 7.73. The fraction of sp³-hybridized carbons (Fsp3) is 0.120. The van der Waals surface area contributed by atoms with Gasteiger partial charge in [-0.05, 0) is 49.2 Å². The summed E-state index contributed by atoms with van der Waals surface area (Å²) in [5.74, 6) is 1.24. The minimum Gasteiger partial charge on any atom is -0.270 e. The molecule has 5 aromatic rings. The number of hydrogen-bond donors (Lipinski definition) is 0. The van der Waals surface area contributed by atoms with Gasteiger partial charge in [-0.2, -0.15) is 0 Å². The van der Waals surface area contributed by atoms with Crippen LogP contribution in [0.2, 0.25) is 5.02 Å². The fourth-order valence-corrected chi connectivity index (χ4v) is 4.58. The van der Waals surface area contributed by atoms with Crippen molar-refractivity contribution in [3.63, 3.8) is 0 Å². The number of aromatic nitrogens is 5. The van der Waals surface area contributed by atoms with Crippen LogP contribution in [-0.4, -0.2) is 24.1 Å². The first-order valence-corrected chi connectivity index (χ1v) is 11.7. The molecule has 0 fully saturated rings. The molecular formula is C25H20ClN5OS. The van der Waals surface area contributed by atoms with Crippen LogP contribution in [0, 0.1) is 13.8 Å². The van der Waals surface area contributed by atoms with Crippen molar-refractivity contribution in [1.82, 2.24) is 24.1 Å². The Morgan fingerprint density at radius 1 is 0.939 bits per heavy atom. The van der Waals surface area contributed by atoms with Crippen molar-refractivity contribution in [2.45, 2.75) is 24.8 Å². The van der Waals surface area contributed by atoms with E-state index in [2.05, 4.69) is 51.8 Å². The van der Waals surface area contributed by atoms with Crippen LogP contribution in [0.1, 0.15) is 16.8 Å². The molecule has 0 amide bonds. The molecule has 0 radical (unpaired) electrons. The lowest BCUT2D eigenvalue weighted by atomic mass is 10.1. The number of thioether (sulfide) groups is 1. The van der Waals surface area contributed by atoms with E-state index in [4.69, 9.17) is 11.6 Å². The van der Waals surface area contributed by atoms with Gasteiger partial charge in [-0.3, -0.25) is 13.8 Å². The molecule has 0 spiro atoms. The van der Waals surface area contributed by atoms with Crippen LogP contribution in [0.4, 0.5) is 0 Å². The third-order valence-corrected chi connectivity index (χ3v) is 6.63. The number of rotatable bonds is 5. The number of nitrogens with zero attached hydrogens (tertiary/aromatic N) is 5. The zero-order valence-corrected chi connectivity index (χ0v) is 19.6. The summed E-state index contributed by atoms with van der Waals surface area (Å²) >= 11 is 7.50. The highest BCUT2D eigenvalue weighted by atomic mass is 35.5. The summed E-state index contributed by atoms with van der Waals surface area (Å²) < 4.78 is 3.50. The van der Waals surface area contributed by atoms with Gasteiger partial charge in [0, 0.05) is 23.6 Å². The lowest BCUT2D eigenvalue weighted by Crippen LogP contribution is -2.15. The molecule has 0 saturated heterocycles. The minimum atomic E-state index is -0.168. The quantitative estimate of drug-likeness (QED) is 0.315. The molecular weight excluding hydrogens is 454 g/mol. The highest BCUT2D eigenvalue weighted by molar-refractivity contribution is 7.98. The third kappa shape index (κ3) is 4.29. The maximum absolute atomic E-state index is 12.5. The van der Waals surface area contributed by atoms with Crippen molar-refractivity contribution >= 4 is 29.0 Å². The number of pyridine rings is 1. The molecule has 0 bridgehead atoms. The van der Waals surface area contributed by atoms with E-state index in [-0.39, 0.29) is 5.56 Å². The Hall–Kier alpha value is -3.42. The SMILES string of the molecule is Cc1ccc(-n2c(SCc3cc(=O)n4cc(Cl)ccc4n3)nnc2-c2ccccc2)cc1C. The van der Waals surface area contributed by atoms with Crippen LogP contribution in [0.5, 0.6) is 0 Å². The third-order valence-electron chi connectivity index (χ3n) is 5.44. The molecule has 0 aliphatic rings. The standard InChI is InChI=1S/C25H20ClN5OS/c1-16-8-10-21(12-17(16)2)31-24(18-6-4-3-5-7-18)28-29-25(31)33-15-20-13-23(32)30-14-19(26)9-11-22(30)27-20/h3-14H,15H2,1-2H3. The topological polar surface area (TPSA) is 65.1 Å². The summed E-state index contributed by atoms with van der Waals surface area (Å²) in [6.45, 7) is 4.19. The first-order chi connectivity index (χ1) is 16.0. The molecule has 5 rings (SSSR count). The minimum absolute atomic E-state index is 0.168. The Morgan fingerprint density at radius 3 is 2.55 bits per heavy atom. The molecule has 0 aliphatic heterocycles. The molecule has 0 unspecified atom stereocenters. The zero-order chi connectivity index (χ0) is 22.9. The highest BCUT2D eigenvalue weighted by Crippen LogP contribution is 2.30. The van der Waals surface area contributed by atoms with Crippen LogP contribution in [0.25, 0.3) is 22.7 Å². The van der Waals surface area contributed by atoms with E-state index in [1.807, 2.05) is 30.3 Å². The summed E-state index contributed by atoms with van der Waals surface area (Å²) in [4.78, 5) is 17.1. The summed E-state index contributed by atoms with van der Waals surface area (Å²) in [5.41, 5.74) is 5.45. The Bertz CT molecular complexity index is 1530. The molecule has 0 saturated carbocycles. The normalized spacial score (nSPS) is 11.2. The van der Waals surface area contributed by atoms with Crippen molar-refractivity contribution in [2.24, 2.45) is 0 Å². The average molecular weight is 474 g/mol. The van der Waals surface area contributed by atoms with Crippen molar-refractivity contribution < 1.29 is 0 Å². The van der Waals surface area contributed by atoms with Gasteiger partial charge < -0.3 is 0 Å². The number of aryl methyl sites for hydroxylation is 2. The van der Waals surface area contributed by atoms with Crippen molar-refractivity contribution in [3.8, 4) is 17.1 Å². The molecule has 6 nitrogen and oxygen atoms in total. The molecule has 8 heteroatoms. The molecule has 0 N–H and O–H groups in total.